The van der Waals surface area contributed by atoms with E-state index in [9.17, 15) is 8.78 Å². The first-order chi connectivity index (χ1) is 8.63. The van der Waals surface area contributed by atoms with Crippen LogP contribution in [0.2, 0.25) is 0 Å². The van der Waals surface area contributed by atoms with Crippen LogP contribution in [0, 0.1) is 11.6 Å². The van der Waals surface area contributed by atoms with Crippen LogP contribution in [-0.4, -0.2) is 31.1 Å². The van der Waals surface area contributed by atoms with Gasteiger partial charge in [-0.25, -0.2) is 8.78 Å². The van der Waals surface area contributed by atoms with Crippen LogP contribution < -0.4 is 5.32 Å². The lowest BCUT2D eigenvalue weighted by atomic mass is 9.99. The molecular weight excluding hydrogens is 270 g/mol. The Morgan fingerprint density at radius 1 is 1.21 bits per heavy atom. The van der Waals surface area contributed by atoms with Gasteiger partial charge >= 0.3 is 0 Å². The maximum Gasteiger partial charge on any atom is 0.130 e. The molecule has 1 N–H and O–H groups in total. The zero-order chi connectivity index (χ0) is 13.1. The van der Waals surface area contributed by atoms with Gasteiger partial charge in [0.05, 0.1) is 0 Å². The highest BCUT2D eigenvalue weighted by Crippen LogP contribution is 2.28. The summed E-state index contributed by atoms with van der Waals surface area (Å²) in [6.45, 7) is 3.63. The number of rotatable bonds is 3. The minimum atomic E-state index is -0.446. The average Bonchev–Trinajstić information content (AvgIpc) is 2.38. The van der Waals surface area contributed by atoms with Crippen LogP contribution in [0.25, 0.3) is 0 Å². The molecule has 1 unspecified atom stereocenters. The molecule has 0 aliphatic carbocycles. The Balaban J connectivity index is 0.00000180. The van der Waals surface area contributed by atoms with E-state index >= 15 is 0 Å². The fourth-order valence-corrected chi connectivity index (χ4v) is 2.67. The second-order valence-corrected chi connectivity index (χ2v) is 4.91. The minimum absolute atomic E-state index is 0. The third-order valence-corrected chi connectivity index (χ3v) is 3.90. The van der Waals surface area contributed by atoms with E-state index in [4.69, 9.17) is 0 Å². The zero-order valence-corrected chi connectivity index (χ0v) is 12.1. The molecule has 108 valence electrons. The van der Waals surface area contributed by atoms with E-state index in [0.29, 0.717) is 6.04 Å². The molecule has 2 rings (SSSR count). The van der Waals surface area contributed by atoms with Crippen molar-refractivity contribution in [3.8, 4) is 0 Å². The summed E-state index contributed by atoms with van der Waals surface area (Å²) in [5.74, 6) is -0.892. The first kappa shape index (κ1) is 16.3. The van der Waals surface area contributed by atoms with Gasteiger partial charge in [0.1, 0.15) is 11.6 Å². The predicted octanol–water partition coefficient (Wildman–Crippen LogP) is 3.13. The monoisotopic (exact) mass is 290 g/mol. The summed E-state index contributed by atoms with van der Waals surface area (Å²) >= 11 is 0. The third-order valence-electron chi connectivity index (χ3n) is 3.90. The molecule has 1 fully saturated rings. The van der Waals surface area contributed by atoms with Crippen LogP contribution in [-0.2, 0) is 0 Å². The quantitative estimate of drug-likeness (QED) is 0.920. The van der Waals surface area contributed by atoms with Crippen LogP contribution in [0.4, 0.5) is 8.78 Å². The summed E-state index contributed by atoms with van der Waals surface area (Å²) in [4.78, 5) is 2.15. The lowest BCUT2D eigenvalue weighted by Crippen LogP contribution is -2.42. The molecule has 0 amide bonds. The summed E-state index contributed by atoms with van der Waals surface area (Å²) < 4.78 is 27.4. The van der Waals surface area contributed by atoms with Crippen molar-refractivity contribution in [3.63, 3.8) is 0 Å². The van der Waals surface area contributed by atoms with Crippen LogP contribution in [0.3, 0.4) is 0 Å². The molecule has 1 aliphatic rings. The van der Waals surface area contributed by atoms with Gasteiger partial charge in [-0.15, -0.1) is 12.4 Å². The van der Waals surface area contributed by atoms with Crippen molar-refractivity contribution in [3.05, 3.63) is 35.4 Å². The van der Waals surface area contributed by atoms with E-state index in [1.807, 2.05) is 14.0 Å². The Morgan fingerprint density at radius 2 is 1.74 bits per heavy atom. The molecule has 0 aromatic heterocycles. The fraction of sp³-hybridized carbons (Fsp3) is 0.571. The molecule has 1 aromatic carbocycles. The molecule has 0 spiro atoms. The van der Waals surface area contributed by atoms with Gasteiger partial charge in [0.25, 0.3) is 0 Å². The van der Waals surface area contributed by atoms with Crippen LogP contribution in [0.5, 0.6) is 0 Å². The van der Waals surface area contributed by atoms with E-state index < -0.39 is 11.6 Å². The van der Waals surface area contributed by atoms with Gasteiger partial charge in [-0.3, -0.25) is 4.90 Å². The summed E-state index contributed by atoms with van der Waals surface area (Å²) in [7, 11) is 1.96. The Bertz CT molecular complexity index is 386. The van der Waals surface area contributed by atoms with Gasteiger partial charge in [-0.05, 0) is 38.9 Å². The molecule has 19 heavy (non-hydrogen) atoms. The average molecular weight is 291 g/mol. The number of piperidine rings is 1. The molecule has 1 heterocycles. The number of nitrogens with one attached hydrogen (secondary N) is 1. The SMILES string of the molecule is CNC1CCN(C(C)c2c(F)cccc2F)CC1.Cl. The Kier molecular flexibility index (Phi) is 6.17. The number of nitrogens with zero attached hydrogens (tertiary/aromatic N) is 1. The summed E-state index contributed by atoms with van der Waals surface area (Å²) in [6.07, 6.45) is 2.05. The lowest BCUT2D eigenvalue weighted by Gasteiger charge is -2.36. The van der Waals surface area contributed by atoms with Gasteiger partial charge < -0.3 is 5.32 Å². The molecular formula is C14H21ClF2N2. The van der Waals surface area contributed by atoms with Crippen molar-refractivity contribution in [1.29, 1.82) is 0 Å². The zero-order valence-electron chi connectivity index (χ0n) is 11.3. The number of likely N-dealkylation sites (tertiary alicyclic amines) is 1. The molecule has 0 bridgehead atoms. The second kappa shape index (κ2) is 7.17. The van der Waals surface area contributed by atoms with Crippen molar-refractivity contribution < 1.29 is 8.78 Å². The second-order valence-electron chi connectivity index (χ2n) is 4.91. The molecule has 0 saturated carbocycles. The predicted molar refractivity (Wildman–Crippen MR) is 75.7 cm³/mol. The van der Waals surface area contributed by atoms with Crippen LogP contribution >= 0.6 is 12.4 Å². The number of benzene rings is 1. The van der Waals surface area contributed by atoms with Gasteiger partial charge in [0.2, 0.25) is 0 Å². The Labute approximate surface area is 119 Å². The molecule has 1 atom stereocenters. The summed E-state index contributed by atoms with van der Waals surface area (Å²) in [5.41, 5.74) is 0.195. The molecule has 1 saturated heterocycles. The molecule has 1 aromatic rings. The van der Waals surface area contributed by atoms with E-state index in [0.717, 1.165) is 25.9 Å². The lowest BCUT2D eigenvalue weighted by molar-refractivity contribution is 0.150. The number of hydrogen-bond donors (Lipinski definition) is 1. The highest BCUT2D eigenvalue weighted by Gasteiger charge is 2.26. The Morgan fingerprint density at radius 3 is 2.21 bits per heavy atom. The van der Waals surface area contributed by atoms with Gasteiger partial charge in [0.15, 0.2) is 0 Å². The third kappa shape index (κ3) is 3.65. The van der Waals surface area contributed by atoms with Gasteiger partial charge in [-0.2, -0.15) is 0 Å². The standard InChI is InChI=1S/C14H20F2N2.ClH/c1-10(14-12(15)4-3-5-13(14)16)18-8-6-11(17-2)7-9-18;/h3-5,10-11,17H,6-9H2,1-2H3;1H. The number of hydrogen-bond acceptors (Lipinski definition) is 2. The van der Waals surface area contributed by atoms with Crippen molar-refractivity contribution in [2.24, 2.45) is 0 Å². The van der Waals surface area contributed by atoms with Crippen molar-refractivity contribution in [2.75, 3.05) is 20.1 Å². The molecule has 1 aliphatic heterocycles. The first-order valence-electron chi connectivity index (χ1n) is 6.48. The molecule has 2 nitrogen and oxygen atoms in total. The van der Waals surface area contributed by atoms with Gasteiger partial charge in [-0.1, -0.05) is 6.07 Å². The van der Waals surface area contributed by atoms with Crippen LogP contribution in [0.1, 0.15) is 31.4 Å². The van der Waals surface area contributed by atoms with Crippen molar-refractivity contribution in [1.82, 2.24) is 10.2 Å². The number of halogens is 3. The maximum absolute atomic E-state index is 13.7. The Hall–Kier alpha value is -0.710. The highest BCUT2D eigenvalue weighted by molar-refractivity contribution is 5.85. The summed E-state index contributed by atoms with van der Waals surface area (Å²) in [5, 5.41) is 3.25. The largest absolute Gasteiger partial charge is 0.317 e. The molecule has 0 radical (unpaired) electrons. The van der Waals surface area contributed by atoms with E-state index in [2.05, 4.69) is 10.2 Å². The fourth-order valence-electron chi connectivity index (χ4n) is 2.67. The van der Waals surface area contributed by atoms with E-state index in [1.165, 1.54) is 18.2 Å². The topological polar surface area (TPSA) is 15.3 Å². The molecule has 5 heteroatoms. The highest BCUT2D eigenvalue weighted by atomic mass is 35.5. The first-order valence-corrected chi connectivity index (χ1v) is 6.48. The van der Waals surface area contributed by atoms with Crippen molar-refractivity contribution >= 4 is 12.4 Å². The van der Waals surface area contributed by atoms with Gasteiger partial charge in [0, 0.05) is 30.7 Å². The normalized spacial score (nSPS) is 18.9. The van der Waals surface area contributed by atoms with Crippen molar-refractivity contribution in [2.45, 2.75) is 31.8 Å². The van der Waals surface area contributed by atoms with E-state index in [1.54, 1.807) is 0 Å². The maximum atomic E-state index is 13.7. The smallest absolute Gasteiger partial charge is 0.130 e. The van der Waals surface area contributed by atoms with E-state index in [-0.39, 0.29) is 24.0 Å². The summed E-state index contributed by atoms with van der Waals surface area (Å²) in [6, 6.07) is 4.39. The van der Waals surface area contributed by atoms with Crippen LogP contribution in [0.15, 0.2) is 18.2 Å². The minimum Gasteiger partial charge on any atom is -0.317 e.